The standard InChI is InChI=1S/C22H24FN3O6/c1-3-30-19-11-15(9-10-18(19)32-14-22(29)31-4-2)13-24-26-21(28)12-20(27)25-17-8-6-5-7-16(17)23/h5-11,13H,3-4,12,14H2,1-2H3,(H,25,27)(H,26,28). The maximum Gasteiger partial charge on any atom is 0.344 e. The van der Waals surface area contributed by atoms with Gasteiger partial charge in [0, 0.05) is 0 Å². The van der Waals surface area contributed by atoms with Crippen LogP contribution >= 0.6 is 0 Å². The van der Waals surface area contributed by atoms with Crippen LogP contribution in [0.1, 0.15) is 25.8 Å². The summed E-state index contributed by atoms with van der Waals surface area (Å²) in [6.45, 7) is 3.86. The molecule has 9 nitrogen and oxygen atoms in total. The molecule has 2 amide bonds. The number of hydrogen-bond acceptors (Lipinski definition) is 7. The van der Waals surface area contributed by atoms with Crippen molar-refractivity contribution in [2.75, 3.05) is 25.1 Å². The van der Waals surface area contributed by atoms with E-state index < -0.39 is 30.0 Å². The number of hydrazone groups is 1. The number of ether oxygens (including phenoxy) is 3. The lowest BCUT2D eigenvalue weighted by Gasteiger charge is -2.12. The van der Waals surface area contributed by atoms with Crippen molar-refractivity contribution >= 4 is 29.7 Å². The Bertz CT molecular complexity index is 980. The Balaban J connectivity index is 1.90. The zero-order chi connectivity index (χ0) is 23.3. The van der Waals surface area contributed by atoms with Crippen LogP contribution in [-0.2, 0) is 19.1 Å². The average molecular weight is 445 g/mol. The third-order valence-electron chi connectivity index (χ3n) is 3.79. The van der Waals surface area contributed by atoms with Crippen LogP contribution in [0, 0.1) is 5.82 Å². The minimum absolute atomic E-state index is 0.0116. The number of anilines is 1. The molecule has 0 saturated carbocycles. The smallest absolute Gasteiger partial charge is 0.344 e. The molecule has 0 bridgehead atoms. The van der Waals surface area contributed by atoms with Crippen molar-refractivity contribution in [1.82, 2.24) is 5.43 Å². The van der Waals surface area contributed by atoms with Crippen molar-refractivity contribution in [3.8, 4) is 11.5 Å². The number of carbonyl (C=O) groups is 3. The summed E-state index contributed by atoms with van der Waals surface area (Å²) < 4.78 is 29.3. The van der Waals surface area contributed by atoms with E-state index in [2.05, 4.69) is 15.8 Å². The molecule has 0 aliphatic carbocycles. The van der Waals surface area contributed by atoms with Crippen molar-refractivity contribution in [3.05, 3.63) is 53.8 Å². The second-order valence-electron chi connectivity index (χ2n) is 6.23. The zero-order valence-corrected chi connectivity index (χ0v) is 17.7. The van der Waals surface area contributed by atoms with Gasteiger partial charge in [0.15, 0.2) is 18.1 Å². The lowest BCUT2D eigenvalue weighted by molar-refractivity contribution is -0.145. The molecule has 2 aromatic carbocycles. The van der Waals surface area contributed by atoms with Gasteiger partial charge in [-0.25, -0.2) is 14.6 Å². The third-order valence-corrected chi connectivity index (χ3v) is 3.79. The fraction of sp³-hybridized carbons (Fsp3) is 0.273. The number of esters is 1. The molecule has 0 radical (unpaired) electrons. The summed E-state index contributed by atoms with van der Waals surface area (Å²) in [5.41, 5.74) is 2.79. The summed E-state index contributed by atoms with van der Waals surface area (Å²) in [4.78, 5) is 35.2. The molecular weight excluding hydrogens is 421 g/mol. The van der Waals surface area contributed by atoms with Gasteiger partial charge in [-0.3, -0.25) is 9.59 Å². The fourth-order valence-electron chi connectivity index (χ4n) is 2.45. The lowest BCUT2D eigenvalue weighted by atomic mass is 10.2. The minimum atomic E-state index is -0.676. The monoisotopic (exact) mass is 445 g/mol. The molecule has 2 aromatic rings. The molecule has 0 atom stereocenters. The Morgan fingerprint density at radius 2 is 1.78 bits per heavy atom. The Morgan fingerprint density at radius 3 is 2.50 bits per heavy atom. The van der Waals surface area contributed by atoms with Crippen LogP contribution in [0.5, 0.6) is 11.5 Å². The molecular formula is C22H24FN3O6. The summed E-state index contributed by atoms with van der Waals surface area (Å²) >= 11 is 0. The van der Waals surface area contributed by atoms with Crippen molar-refractivity contribution in [2.45, 2.75) is 20.3 Å². The van der Waals surface area contributed by atoms with E-state index in [1.54, 1.807) is 38.1 Å². The predicted octanol–water partition coefficient (Wildman–Crippen LogP) is 2.65. The molecule has 0 aliphatic rings. The number of rotatable bonds is 11. The zero-order valence-electron chi connectivity index (χ0n) is 17.7. The maximum absolute atomic E-state index is 13.5. The van der Waals surface area contributed by atoms with E-state index in [-0.39, 0.29) is 18.9 Å². The average Bonchev–Trinajstić information content (AvgIpc) is 2.75. The highest BCUT2D eigenvalue weighted by molar-refractivity contribution is 6.03. The Labute approximate surface area is 184 Å². The van der Waals surface area contributed by atoms with Gasteiger partial charge < -0.3 is 19.5 Å². The molecule has 170 valence electrons. The van der Waals surface area contributed by atoms with Gasteiger partial charge in [0.2, 0.25) is 11.8 Å². The minimum Gasteiger partial charge on any atom is -0.490 e. The predicted molar refractivity (Wildman–Crippen MR) is 115 cm³/mol. The normalized spacial score (nSPS) is 10.5. The van der Waals surface area contributed by atoms with Gasteiger partial charge in [-0.05, 0) is 49.7 Å². The van der Waals surface area contributed by atoms with Crippen molar-refractivity contribution in [3.63, 3.8) is 0 Å². The van der Waals surface area contributed by atoms with Gasteiger partial charge in [0.1, 0.15) is 12.2 Å². The van der Waals surface area contributed by atoms with Crippen LogP contribution in [0.2, 0.25) is 0 Å². The third kappa shape index (κ3) is 8.05. The number of halogens is 1. The number of carbonyl (C=O) groups excluding carboxylic acids is 3. The van der Waals surface area contributed by atoms with E-state index in [9.17, 15) is 18.8 Å². The van der Waals surface area contributed by atoms with Crippen LogP contribution in [0.3, 0.4) is 0 Å². The topological polar surface area (TPSA) is 115 Å². The Kier molecular flexibility index (Phi) is 9.64. The first-order valence-corrected chi connectivity index (χ1v) is 9.84. The van der Waals surface area contributed by atoms with Crippen LogP contribution < -0.4 is 20.2 Å². The fourth-order valence-corrected chi connectivity index (χ4v) is 2.45. The van der Waals surface area contributed by atoms with Crippen molar-refractivity contribution in [1.29, 1.82) is 0 Å². The quantitative estimate of drug-likeness (QED) is 0.238. The first-order valence-electron chi connectivity index (χ1n) is 9.84. The van der Waals surface area contributed by atoms with Crippen LogP contribution in [-0.4, -0.2) is 43.8 Å². The molecule has 32 heavy (non-hydrogen) atoms. The van der Waals surface area contributed by atoms with E-state index in [0.717, 1.165) is 0 Å². The first-order chi connectivity index (χ1) is 15.4. The molecule has 0 spiro atoms. The van der Waals surface area contributed by atoms with Gasteiger partial charge >= 0.3 is 5.97 Å². The van der Waals surface area contributed by atoms with Gasteiger partial charge in [-0.2, -0.15) is 5.10 Å². The molecule has 0 fully saturated rings. The Hall–Kier alpha value is -3.95. The second-order valence-corrected chi connectivity index (χ2v) is 6.23. The summed E-state index contributed by atoms with van der Waals surface area (Å²) in [6.07, 6.45) is 0.820. The largest absolute Gasteiger partial charge is 0.490 e. The second kappa shape index (κ2) is 12.7. The summed E-state index contributed by atoms with van der Waals surface area (Å²) in [5.74, 6) is -1.71. The summed E-state index contributed by atoms with van der Waals surface area (Å²) in [6, 6.07) is 10.5. The van der Waals surface area contributed by atoms with E-state index >= 15 is 0 Å². The van der Waals surface area contributed by atoms with Gasteiger partial charge in [0.05, 0.1) is 25.1 Å². The molecule has 0 aromatic heterocycles. The van der Waals surface area contributed by atoms with Crippen molar-refractivity contribution in [2.24, 2.45) is 5.10 Å². The van der Waals surface area contributed by atoms with Gasteiger partial charge in [-0.1, -0.05) is 12.1 Å². The summed E-state index contributed by atoms with van der Waals surface area (Å²) in [5, 5.41) is 6.11. The summed E-state index contributed by atoms with van der Waals surface area (Å²) in [7, 11) is 0. The number of para-hydroxylation sites is 1. The number of nitrogens with zero attached hydrogens (tertiary/aromatic N) is 1. The number of hydrogen-bond donors (Lipinski definition) is 2. The molecule has 0 saturated heterocycles. The maximum atomic E-state index is 13.5. The molecule has 0 heterocycles. The SMILES string of the molecule is CCOC(=O)COc1ccc(C=NNC(=O)CC(=O)Nc2ccccc2F)cc1OCC. The van der Waals surface area contributed by atoms with Crippen molar-refractivity contribution < 1.29 is 33.0 Å². The van der Waals surface area contributed by atoms with Crippen LogP contribution in [0.15, 0.2) is 47.6 Å². The van der Waals surface area contributed by atoms with Crippen LogP contribution in [0.25, 0.3) is 0 Å². The van der Waals surface area contributed by atoms with E-state index in [4.69, 9.17) is 14.2 Å². The number of amides is 2. The van der Waals surface area contributed by atoms with E-state index in [1.807, 2.05) is 0 Å². The van der Waals surface area contributed by atoms with Gasteiger partial charge in [0.25, 0.3) is 0 Å². The molecule has 10 heteroatoms. The highest BCUT2D eigenvalue weighted by Gasteiger charge is 2.12. The molecule has 0 unspecified atom stereocenters. The molecule has 2 N–H and O–H groups in total. The first kappa shape index (κ1) is 24.3. The Morgan fingerprint density at radius 1 is 1.00 bits per heavy atom. The van der Waals surface area contributed by atoms with Gasteiger partial charge in [-0.15, -0.1) is 0 Å². The molecule has 0 aliphatic heterocycles. The molecule has 2 rings (SSSR count). The highest BCUT2D eigenvalue weighted by atomic mass is 19.1. The lowest BCUT2D eigenvalue weighted by Crippen LogP contribution is -2.24. The number of nitrogens with one attached hydrogen (secondary N) is 2. The van der Waals surface area contributed by atoms with E-state index in [0.29, 0.717) is 23.7 Å². The highest BCUT2D eigenvalue weighted by Crippen LogP contribution is 2.28. The number of benzene rings is 2. The van der Waals surface area contributed by atoms with E-state index in [1.165, 1.54) is 24.4 Å². The van der Waals surface area contributed by atoms with Crippen LogP contribution in [0.4, 0.5) is 10.1 Å².